The molecule has 1 saturated heterocycles. The van der Waals surface area contributed by atoms with Gasteiger partial charge in [0.15, 0.2) is 0 Å². The van der Waals surface area contributed by atoms with Crippen molar-refractivity contribution in [3.8, 4) is 0 Å². The highest BCUT2D eigenvalue weighted by Gasteiger charge is 2.13. The molecule has 6 heteroatoms. The van der Waals surface area contributed by atoms with Gasteiger partial charge in [0.1, 0.15) is 0 Å². The standard InChI is InChI=1S/C16H24N6/c1-13-15(10-19-20-13)12-21(2)11-14-8-17-16(18-9-14)22-6-4-3-5-7-22/h8-10H,3-7,11-12H2,1-2H3,(H,19,20). The molecule has 1 N–H and O–H groups in total. The van der Waals surface area contributed by atoms with Crippen LogP contribution >= 0.6 is 0 Å². The van der Waals surface area contributed by atoms with Crippen molar-refractivity contribution >= 4 is 5.95 Å². The zero-order chi connectivity index (χ0) is 15.4. The molecular weight excluding hydrogens is 276 g/mol. The molecule has 0 unspecified atom stereocenters. The Morgan fingerprint density at radius 2 is 1.82 bits per heavy atom. The summed E-state index contributed by atoms with van der Waals surface area (Å²) in [6.45, 7) is 5.92. The molecular formula is C16H24N6. The van der Waals surface area contributed by atoms with Crippen molar-refractivity contribution in [2.45, 2.75) is 39.3 Å². The molecule has 0 spiro atoms. The summed E-state index contributed by atoms with van der Waals surface area (Å²) in [5.74, 6) is 0.872. The van der Waals surface area contributed by atoms with E-state index >= 15 is 0 Å². The minimum atomic E-state index is 0.838. The molecule has 118 valence electrons. The predicted octanol–water partition coefficient (Wildman–Crippen LogP) is 2.13. The zero-order valence-corrected chi connectivity index (χ0v) is 13.4. The summed E-state index contributed by atoms with van der Waals surface area (Å²) in [4.78, 5) is 13.6. The average Bonchev–Trinajstić information content (AvgIpc) is 2.94. The number of hydrogen-bond donors (Lipinski definition) is 1. The number of rotatable bonds is 5. The Kier molecular flexibility index (Phi) is 4.68. The van der Waals surface area contributed by atoms with Crippen molar-refractivity contribution in [1.82, 2.24) is 25.1 Å². The number of aromatic nitrogens is 4. The topological polar surface area (TPSA) is 60.9 Å². The van der Waals surface area contributed by atoms with Gasteiger partial charge in [-0.25, -0.2) is 9.97 Å². The minimum absolute atomic E-state index is 0.838. The molecule has 3 heterocycles. The van der Waals surface area contributed by atoms with E-state index < -0.39 is 0 Å². The van der Waals surface area contributed by atoms with E-state index in [-0.39, 0.29) is 0 Å². The Bertz CT molecular complexity index is 585. The number of piperidine rings is 1. The smallest absolute Gasteiger partial charge is 0.225 e. The van der Waals surface area contributed by atoms with Gasteiger partial charge in [-0.15, -0.1) is 0 Å². The Labute approximate surface area is 131 Å². The van der Waals surface area contributed by atoms with Gasteiger partial charge >= 0.3 is 0 Å². The Morgan fingerprint density at radius 1 is 1.09 bits per heavy atom. The molecule has 0 atom stereocenters. The summed E-state index contributed by atoms with van der Waals surface area (Å²) in [6.07, 6.45) is 9.62. The molecule has 1 fully saturated rings. The van der Waals surface area contributed by atoms with Gasteiger partial charge in [0.25, 0.3) is 0 Å². The van der Waals surface area contributed by atoms with Crippen molar-refractivity contribution in [2.75, 3.05) is 25.0 Å². The van der Waals surface area contributed by atoms with Crippen LogP contribution in [0.2, 0.25) is 0 Å². The van der Waals surface area contributed by atoms with Crippen molar-refractivity contribution in [2.24, 2.45) is 0 Å². The lowest BCUT2D eigenvalue weighted by Crippen LogP contribution is -2.31. The lowest BCUT2D eigenvalue weighted by Gasteiger charge is -2.26. The molecule has 0 radical (unpaired) electrons. The zero-order valence-electron chi connectivity index (χ0n) is 13.4. The number of H-pyrrole nitrogens is 1. The minimum Gasteiger partial charge on any atom is -0.341 e. The summed E-state index contributed by atoms with van der Waals surface area (Å²) in [7, 11) is 2.10. The molecule has 3 rings (SSSR count). The predicted molar refractivity (Wildman–Crippen MR) is 86.6 cm³/mol. The van der Waals surface area contributed by atoms with Gasteiger partial charge in [-0.05, 0) is 33.2 Å². The fourth-order valence-electron chi connectivity index (χ4n) is 2.88. The van der Waals surface area contributed by atoms with E-state index in [1.54, 1.807) is 0 Å². The number of aryl methyl sites for hydroxylation is 1. The highest BCUT2D eigenvalue weighted by molar-refractivity contribution is 5.30. The number of nitrogens with zero attached hydrogens (tertiary/aromatic N) is 5. The van der Waals surface area contributed by atoms with Gasteiger partial charge in [0, 0.05) is 55.4 Å². The maximum Gasteiger partial charge on any atom is 0.225 e. The fourth-order valence-corrected chi connectivity index (χ4v) is 2.88. The van der Waals surface area contributed by atoms with Crippen LogP contribution in [0.1, 0.15) is 36.1 Å². The molecule has 22 heavy (non-hydrogen) atoms. The molecule has 0 saturated carbocycles. The highest BCUT2D eigenvalue weighted by atomic mass is 15.2. The molecule has 0 aliphatic carbocycles. The summed E-state index contributed by atoms with van der Waals surface area (Å²) in [5, 5.41) is 7.04. The number of anilines is 1. The highest BCUT2D eigenvalue weighted by Crippen LogP contribution is 2.15. The first kappa shape index (κ1) is 15.0. The van der Waals surface area contributed by atoms with Crippen LogP contribution in [0.15, 0.2) is 18.6 Å². The maximum absolute atomic E-state index is 4.54. The van der Waals surface area contributed by atoms with E-state index in [1.165, 1.54) is 24.8 Å². The molecule has 2 aromatic heterocycles. The van der Waals surface area contributed by atoms with Crippen LogP contribution in [0, 0.1) is 6.92 Å². The normalized spacial score (nSPS) is 15.5. The molecule has 0 aromatic carbocycles. The van der Waals surface area contributed by atoms with E-state index in [1.807, 2.05) is 25.5 Å². The quantitative estimate of drug-likeness (QED) is 0.916. The first-order valence-electron chi connectivity index (χ1n) is 7.95. The van der Waals surface area contributed by atoms with Gasteiger partial charge < -0.3 is 4.90 Å². The first-order chi connectivity index (χ1) is 10.7. The summed E-state index contributed by atoms with van der Waals surface area (Å²) in [6, 6.07) is 0. The van der Waals surface area contributed by atoms with E-state index in [9.17, 15) is 0 Å². The third-order valence-corrected chi connectivity index (χ3v) is 4.16. The van der Waals surface area contributed by atoms with Crippen LogP contribution in [0.25, 0.3) is 0 Å². The van der Waals surface area contributed by atoms with Crippen molar-refractivity contribution in [3.63, 3.8) is 0 Å². The lowest BCUT2D eigenvalue weighted by molar-refractivity contribution is 0.317. The molecule has 6 nitrogen and oxygen atoms in total. The Morgan fingerprint density at radius 3 is 2.45 bits per heavy atom. The van der Waals surface area contributed by atoms with Crippen LogP contribution in [0.4, 0.5) is 5.95 Å². The van der Waals surface area contributed by atoms with Gasteiger partial charge in [-0.1, -0.05) is 0 Å². The largest absolute Gasteiger partial charge is 0.341 e. The first-order valence-corrected chi connectivity index (χ1v) is 7.95. The van der Waals surface area contributed by atoms with Crippen molar-refractivity contribution in [1.29, 1.82) is 0 Å². The summed E-state index contributed by atoms with van der Waals surface area (Å²) in [5.41, 5.74) is 3.50. The van der Waals surface area contributed by atoms with Crippen LogP contribution in [0.5, 0.6) is 0 Å². The van der Waals surface area contributed by atoms with Crippen LogP contribution in [-0.4, -0.2) is 45.2 Å². The Balaban J connectivity index is 1.57. The van der Waals surface area contributed by atoms with Crippen molar-refractivity contribution in [3.05, 3.63) is 35.4 Å². The van der Waals surface area contributed by atoms with Crippen LogP contribution in [-0.2, 0) is 13.1 Å². The second kappa shape index (κ2) is 6.87. The van der Waals surface area contributed by atoms with E-state index in [4.69, 9.17) is 0 Å². The van der Waals surface area contributed by atoms with Crippen LogP contribution < -0.4 is 4.90 Å². The second-order valence-corrected chi connectivity index (χ2v) is 6.13. The van der Waals surface area contributed by atoms with Gasteiger partial charge in [0.05, 0.1) is 6.20 Å². The molecule has 1 aliphatic rings. The van der Waals surface area contributed by atoms with Gasteiger partial charge in [0.2, 0.25) is 5.95 Å². The molecule has 0 amide bonds. The van der Waals surface area contributed by atoms with E-state index in [2.05, 4.69) is 37.0 Å². The number of aromatic amines is 1. The third kappa shape index (κ3) is 3.62. The Hall–Kier alpha value is -1.95. The van der Waals surface area contributed by atoms with E-state index in [0.717, 1.165) is 43.4 Å². The second-order valence-electron chi connectivity index (χ2n) is 6.13. The average molecular weight is 300 g/mol. The number of nitrogens with one attached hydrogen (secondary N) is 1. The fraction of sp³-hybridized carbons (Fsp3) is 0.562. The lowest BCUT2D eigenvalue weighted by atomic mass is 10.1. The maximum atomic E-state index is 4.54. The molecule has 0 bridgehead atoms. The molecule has 1 aliphatic heterocycles. The van der Waals surface area contributed by atoms with E-state index in [0.29, 0.717) is 0 Å². The summed E-state index contributed by atoms with van der Waals surface area (Å²) >= 11 is 0. The number of hydrogen-bond acceptors (Lipinski definition) is 5. The van der Waals surface area contributed by atoms with Crippen molar-refractivity contribution < 1.29 is 0 Å². The summed E-state index contributed by atoms with van der Waals surface area (Å²) < 4.78 is 0. The SMILES string of the molecule is Cc1[nH]ncc1CN(C)Cc1cnc(N2CCCCC2)nc1. The third-order valence-electron chi connectivity index (χ3n) is 4.16. The van der Waals surface area contributed by atoms with Gasteiger partial charge in [-0.2, -0.15) is 5.10 Å². The monoisotopic (exact) mass is 300 g/mol. The van der Waals surface area contributed by atoms with Gasteiger partial charge in [-0.3, -0.25) is 10.00 Å². The van der Waals surface area contributed by atoms with Crippen LogP contribution in [0.3, 0.4) is 0 Å². The molecule has 2 aromatic rings.